The summed E-state index contributed by atoms with van der Waals surface area (Å²) in [5.41, 5.74) is 3.94. The van der Waals surface area contributed by atoms with Crippen LogP contribution in [0, 0.1) is 5.92 Å². The zero-order chi connectivity index (χ0) is 18.2. The Morgan fingerprint density at radius 1 is 1.28 bits per heavy atom. The minimum absolute atomic E-state index is 0.230. The number of nitrogens with zero attached hydrogens (tertiary/aromatic N) is 2. The van der Waals surface area contributed by atoms with Crippen LogP contribution in [0.5, 0.6) is 0 Å². The number of benzene rings is 1. The van der Waals surface area contributed by atoms with Crippen LogP contribution >= 0.6 is 0 Å². The number of ether oxygens (including phenoxy) is 1. The van der Waals surface area contributed by atoms with Gasteiger partial charge in [0, 0.05) is 18.6 Å². The molecule has 25 heavy (non-hydrogen) atoms. The van der Waals surface area contributed by atoms with Crippen LogP contribution in [0.15, 0.2) is 47.7 Å². The summed E-state index contributed by atoms with van der Waals surface area (Å²) in [5.74, 6) is -1.84. The molecule has 0 spiro atoms. The number of aryl methyl sites for hydroxylation is 1. The lowest BCUT2D eigenvalue weighted by Crippen LogP contribution is -2.25. The zero-order valence-corrected chi connectivity index (χ0v) is 14.7. The summed E-state index contributed by atoms with van der Waals surface area (Å²) in [4.78, 5) is 32.0. The fourth-order valence-corrected chi connectivity index (χ4v) is 2.47. The summed E-state index contributed by atoms with van der Waals surface area (Å²) in [6.07, 6.45) is 5.85. The van der Waals surface area contributed by atoms with E-state index in [9.17, 15) is 9.59 Å². The molecule has 5 heteroatoms. The number of pyridine rings is 1. The number of rotatable bonds is 7. The van der Waals surface area contributed by atoms with E-state index in [1.807, 2.05) is 36.5 Å². The third-order valence-corrected chi connectivity index (χ3v) is 3.79. The van der Waals surface area contributed by atoms with Gasteiger partial charge in [-0.2, -0.15) is 0 Å². The van der Waals surface area contributed by atoms with Crippen molar-refractivity contribution in [3.05, 3.63) is 48.3 Å². The Kier molecular flexibility index (Phi) is 6.57. The average molecular weight is 338 g/mol. The second kappa shape index (κ2) is 8.87. The number of Topliss-reactive ketones (excluding diaryl/α,β-unsaturated/α-hetero) is 1. The summed E-state index contributed by atoms with van der Waals surface area (Å²) in [6.45, 7) is 5.37. The maximum absolute atomic E-state index is 11.8. The van der Waals surface area contributed by atoms with E-state index in [2.05, 4.69) is 16.9 Å². The molecule has 0 aliphatic carbocycles. The van der Waals surface area contributed by atoms with E-state index in [-0.39, 0.29) is 12.4 Å². The lowest BCUT2D eigenvalue weighted by atomic mass is 10.00. The first-order chi connectivity index (χ1) is 12.1. The van der Waals surface area contributed by atoms with Crippen molar-refractivity contribution in [1.82, 2.24) is 4.98 Å². The number of hydrogen-bond donors (Lipinski definition) is 0. The zero-order valence-electron chi connectivity index (χ0n) is 14.7. The Bertz CT molecular complexity index is 784. The Hall–Kier alpha value is -2.82. The van der Waals surface area contributed by atoms with Crippen molar-refractivity contribution in [2.24, 2.45) is 10.9 Å². The van der Waals surface area contributed by atoms with E-state index in [4.69, 9.17) is 4.74 Å². The minimum Gasteiger partial charge on any atom is -0.465 e. The molecule has 0 aliphatic rings. The predicted octanol–water partition coefficient (Wildman–Crippen LogP) is 3.78. The Balaban J connectivity index is 2.29. The summed E-state index contributed by atoms with van der Waals surface area (Å²) >= 11 is 0. The Morgan fingerprint density at radius 3 is 2.76 bits per heavy atom. The van der Waals surface area contributed by atoms with Crippen LogP contribution in [0.3, 0.4) is 0 Å². The van der Waals surface area contributed by atoms with Gasteiger partial charge in [0.2, 0.25) is 0 Å². The monoisotopic (exact) mass is 338 g/mol. The number of hydrogen-bond acceptors (Lipinski definition) is 5. The Labute approximate surface area is 147 Å². The third-order valence-electron chi connectivity index (χ3n) is 3.79. The van der Waals surface area contributed by atoms with E-state index < -0.39 is 11.9 Å². The van der Waals surface area contributed by atoms with E-state index in [1.54, 1.807) is 13.1 Å². The standard InChI is InChI=1S/C20H22N2O3/c1-4-15-12-21-10-9-18(15)16-7-6-8-17(11-16)22-13-19(14(3)23)20(24)25-5-2/h6-13,19H,4-5H2,1-3H3. The van der Waals surface area contributed by atoms with Crippen LogP contribution in [0.2, 0.25) is 0 Å². The first-order valence-corrected chi connectivity index (χ1v) is 8.31. The predicted molar refractivity (Wildman–Crippen MR) is 98.0 cm³/mol. The van der Waals surface area contributed by atoms with Crippen LogP contribution in [0.4, 0.5) is 5.69 Å². The molecule has 130 valence electrons. The molecular weight excluding hydrogens is 316 g/mol. The maximum Gasteiger partial charge on any atom is 0.321 e. The molecule has 2 rings (SSSR count). The number of carbonyl (C=O) groups is 2. The molecule has 0 fully saturated rings. The molecule has 0 saturated carbocycles. The normalized spacial score (nSPS) is 12.1. The van der Waals surface area contributed by atoms with Crippen molar-refractivity contribution in [3.63, 3.8) is 0 Å². The van der Waals surface area contributed by atoms with Crippen molar-refractivity contribution in [2.75, 3.05) is 6.61 Å². The highest BCUT2D eigenvalue weighted by Crippen LogP contribution is 2.27. The lowest BCUT2D eigenvalue weighted by molar-refractivity contribution is -0.148. The molecule has 1 aromatic carbocycles. The first-order valence-electron chi connectivity index (χ1n) is 8.31. The lowest BCUT2D eigenvalue weighted by Gasteiger charge is -2.09. The molecule has 0 saturated heterocycles. The highest BCUT2D eigenvalue weighted by molar-refractivity contribution is 6.11. The molecule has 0 N–H and O–H groups in total. The molecule has 0 radical (unpaired) electrons. The molecule has 0 aliphatic heterocycles. The van der Waals surface area contributed by atoms with Crippen molar-refractivity contribution in [1.29, 1.82) is 0 Å². The number of aromatic nitrogens is 1. The van der Waals surface area contributed by atoms with Crippen molar-refractivity contribution in [3.8, 4) is 11.1 Å². The molecule has 1 atom stereocenters. The van der Waals surface area contributed by atoms with Gasteiger partial charge in [-0.1, -0.05) is 19.1 Å². The third kappa shape index (κ3) is 4.83. The van der Waals surface area contributed by atoms with Gasteiger partial charge in [0.1, 0.15) is 5.78 Å². The van der Waals surface area contributed by atoms with Crippen LogP contribution in [-0.4, -0.2) is 29.6 Å². The average Bonchev–Trinajstić information content (AvgIpc) is 2.62. The van der Waals surface area contributed by atoms with Gasteiger partial charge in [-0.05, 0) is 55.2 Å². The van der Waals surface area contributed by atoms with Gasteiger partial charge in [-0.15, -0.1) is 0 Å². The fraction of sp³-hybridized carbons (Fsp3) is 0.300. The smallest absolute Gasteiger partial charge is 0.321 e. The number of esters is 1. The molecule has 5 nitrogen and oxygen atoms in total. The second-order valence-corrected chi connectivity index (χ2v) is 5.56. The molecule has 0 bridgehead atoms. The maximum atomic E-state index is 11.8. The summed E-state index contributed by atoms with van der Waals surface area (Å²) in [6, 6.07) is 9.62. The SMILES string of the molecule is CCOC(=O)C(C=Nc1cccc(-c2ccncc2CC)c1)C(C)=O. The van der Waals surface area contributed by atoms with Gasteiger partial charge in [-0.25, -0.2) is 0 Å². The summed E-state index contributed by atoms with van der Waals surface area (Å²) in [5, 5.41) is 0. The van der Waals surface area contributed by atoms with Crippen molar-refractivity contribution >= 4 is 23.7 Å². The molecule has 1 aromatic heterocycles. The molecular formula is C20H22N2O3. The van der Waals surface area contributed by atoms with Crippen LogP contribution in [0.25, 0.3) is 11.1 Å². The topological polar surface area (TPSA) is 68.6 Å². The fourth-order valence-electron chi connectivity index (χ4n) is 2.47. The van der Waals surface area contributed by atoms with Crippen LogP contribution in [0.1, 0.15) is 26.3 Å². The number of aliphatic imine (C=N–C) groups is 1. The van der Waals surface area contributed by atoms with Gasteiger partial charge in [-0.3, -0.25) is 19.6 Å². The molecule has 1 unspecified atom stereocenters. The van der Waals surface area contributed by atoms with Crippen molar-refractivity contribution < 1.29 is 14.3 Å². The summed E-state index contributed by atoms with van der Waals surface area (Å²) in [7, 11) is 0. The quantitative estimate of drug-likeness (QED) is 0.438. The highest BCUT2D eigenvalue weighted by Gasteiger charge is 2.22. The van der Waals surface area contributed by atoms with E-state index in [0.29, 0.717) is 5.69 Å². The van der Waals surface area contributed by atoms with Crippen LogP contribution < -0.4 is 0 Å². The minimum atomic E-state index is -0.976. The molecule has 2 aromatic rings. The largest absolute Gasteiger partial charge is 0.465 e. The van der Waals surface area contributed by atoms with Crippen LogP contribution in [-0.2, 0) is 20.7 Å². The Morgan fingerprint density at radius 2 is 2.08 bits per heavy atom. The van der Waals surface area contributed by atoms with Gasteiger partial charge >= 0.3 is 5.97 Å². The summed E-state index contributed by atoms with van der Waals surface area (Å²) < 4.78 is 4.92. The van der Waals surface area contributed by atoms with E-state index in [0.717, 1.165) is 23.1 Å². The number of ketones is 1. The molecule has 1 heterocycles. The van der Waals surface area contributed by atoms with Crippen molar-refractivity contribution in [2.45, 2.75) is 27.2 Å². The van der Waals surface area contributed by atoms with E-state index in [1.165, 1.54) is 13.1 Å². The van der Waals surface area contributed by atoms with Gasteiger partial charge in [0.15, 0.2) is 5.92 Å². The van der Waals surface area contributed by atoms with E-state index >= 15 is 0 Å². The number of carbonyl (C=O) groups excluding carboxylic acids is 2. The van der Waals surface area contributed by atoms with Gasteiger partial charge in [0.25, 0.3) is 0 Å². The molecule has 0 amide bonds. The van der Waals surface area contributed by atoms with Gasteiger partial charge < -0.3 is 4.74 Å². The first kappa shape index (κ1) is 18.5. The highest BCUT2D eigenvalue weighted by atomic mass is 16.5. The second-order valence-electron chi connectivity index (χ2n) is 5.56. The van der Waals surface area contributed by atoms with Gasteiger partial charge in [0.05, 0.1) is 12.3 Å².